The van der Waals surface area contributed by atoms with Gasteiger partial charge in [0, 0.05) is 17.3 Å². The van der Waals surface area contributed by atoms with Gasteiger partial charge in [0.15, 0.2) is 9.84 Å². The molecule has 1 atom stereocenters. The molecular formula is C15H23N3O3S2. The number of hydrogen-bond donors (Lipinski definition) is 1. The van der Waals surface area contributed by atoms with Crippen molar-refractivity contribution in [3.8, 4) is 0 Å². The fourth-order valence-corrected chi connectivity index (χ4v) is 5.78. The van der Waals surface area contributed by atoms with Gasteiger partial charge in [0.2, 0.25) is 5.91 Å². The number of thiazole rings is 1. The van der Waals surface area contributed by atoms with E-state index in [-0.39, 0.29) is 23.6 Å². The van der Waals surface area contributed by atoms with E-state index in [1.54, 1.807) is 11.3 Å². The predicted molar refractivity (Wildman–Crippen MR) is 90.1 cm³/mol. The summed E-state index contributed by atoms with van der Waals surface area (Å²) in [4.78, 5) is 18.9. The average molecular weight is 358 g/mol. The number of amides is 1. The molecule has 3 heterocycles. The van der Waals surface area contributed by atoms with Crippen LogP contribution in [0.25, 0.3) is 0 Å². The van der Waals surface area contributed by atoms with Gasteiger partial charge in [-0.3, -0.25) is 9.69 Å². The first-order valence-corrected chi connectivity index (χ1v) is 10.8. The predicted octanol–water partition coefficient (Wildman–Crippen LogP) is 0.967. The van der Waals surface area contributed by atoms with E-state index in [1.165, 1.54) is 0 Å². The molecule has 0 saturated carbocycles. The number of sulfone groups is 1. The molecule has 1 amide bonds. The highest BCUT2D eigenvalue weighted by molar-refractivity contribution is 7.91. The third kappa shape index (κ3) is 4.30. The molecule has 1 N–H and O–H groups in total. The summed E-state index contributed by atoms with van der Waals surface area (Å²) in [5.41, 5.74) is 0.912. The van der Waals surface area contributed by atoms with E-state index in [2.05, 4.69) is 15.2 Å². The van der Waals surface area contributed by atoms with E-state index in [4.69, 9.17) is 0 Å². The number of aromatic nitrogens is 1. The van der Waals surface area contributed by atoms with Crippen molar-refractivity contribution in [1.29, 1.82) is 0 Å². The fraction of sp³-hybridized carbons (Fsp3) is 0.733. The highest BCUT2D eigenvalue weighted by Crippen LogP contribution is 2.24. The number of carbonyl (C=O) groups excluding carboxylic acids is 1. The van der Waals surface area contributed by atoms with Crippen molar-refractivity contribution in [1.82, 2.24) is 15.2 Å². The first-order valence-electron chi connectivity index (χ1n) is 8.06. The topological polar surface area (TPSA) is 79.4 Å². The number of hydrogen-bond acceptors (Lipinski definition) is 6. The molecule has 2 saturated heterocycles. The summed E-state index contributed by atoms with van der Waals surface area (Å²) < 4.78 is 23.2. The maximum Gasteiger partial charge on any atom is 0.223 e. The van der Waals surface area contributed by atoms with Crippen LogP contribution in [0, 0.1) is 12.8 Å². The molecule has 3 rings (SSSR count). The Bertz CT molecular complexity index is 663. The Balaban J connectivity index is 1.44. The lowest BCUT2D eigenvalue weighted by atomic mass is 9.94. The lowest BCUT2D eigenvalue weighted by molar-refractivity contribution is -0.126. The second-order valence-electron chi connectivity index (χ2n) is 6.44. The van der Waals surface area contributed by atoms with Gasteiger partial charge < -0.3 is 5.32 Å². The Kier molecular flexibility index (Phi) is 5.03. The minimum atomic E-state index is -2.84. The summed E-state index contributed by atoms with van der Waals surface area (Å²) in [6, 6.07) is 0.155. The summed E-state index contributed by atoms with van der Waals surface area (Å²) >= 11 is 1.59. The highest BCUT2D eigenvalue weighted by atomic mass is 32.2. The van der Waals surface area contributed by atoms with Gasteiger partial charge in [0.05, 0.1) is 28.8 Å². The van der Waals surface area contributed by atoms with Gasteiger partial charge in [0.25, 0.3) is 0 Å². The van der Waals surface area contributed by atoms with Crippen LogP contribution in [-0.2, 0) is 21.2 Å². The van der Waals surface area contributed by atoms with Crippen LogP contribution in [0.5, 0.6) is 0 Å². The SMILES string of the molecule is Cc1nc(CNC(=O)C2CCN(C3CCS(=O)(=O)C3)CC2)cs1. The summed E-state index contributed by atoms with van der Waals surface area (Å²) in [5, 5.41) is 5.95. The molecule has 1 aromatic rings. The van der Waals surface area contributed by atoms with Crippen molar-refractivity contribution >= 4 is 27.1 Å². The van der Waals surface area contributed by atoms with E-state index < -0.39 is 9.84 Å². The zero-order valence-electron chi connectivity index (χ0n) is 13.3. The Morgan fingerprint density at radius 3 is 2.70 bits per heavy atom. The quantitative estimate of drug-likeness (QED) is 0.868. The van der Waals surface area contributed by atoms with Crippen LogP contribution in [0.4, 0.5) is 0 Å². The second-order valence-corrected chi connectivity index (χ2v) is 9.73. The van der Waals surface area contributed by atoms with Crippen molar-refractivity contribution in [2.45, 2.75) is 38.8 Å². The van der Waals surface area contributed by atoms with Gasteiger partial charge in [-0.05, 0) is 39.3 Å². The van der Waals surface area contributed by atoms with E-state index in [0.717, 1.165) is 43.1 Å². The van der Waals surface area contributed by atoms with Crippen LogP contribution in [0.1, 0.15) is 30.0 Å². The molecule has 2 fully saturated rings. The number of nitrogens with zero attached hydrogens (tertiary/aromatic N) is 2. The van der Waals surface area contributed by atoms with Crippen molar-refractivity contribution in [2.75, 3.05) is 24.6 Å². The van der Waals surface area contributed by atoms with Crippen LogP contribution >= 0.6 is 11.3 Å². The smallest absolute Gasteiger partial charge is 0.223 e. The third-order valence-electron chi connectivity index (χ3n) is 4.74. The molecule has 1 aromatic heterocycles. The molecule has 8 heteroatoms. The molecule has 0 bridgehead atoms. The van der Waals surface area contributed by atoms with Crippen LogP contribution < -0.4 is 5.32 Å². The molecule has 1 unspecified atom stereocenters. The maximum atomic E-state index is 12.3. The fourth-order valence-electron chi connectivity index (χ4n) is 3.40. The Morgan fingerprint density at radius 2 is 2.13 bits per heavy atom. The Labute approximate surface area is 141 Å². The zero-order chi connectivity index (χ0) is 16.4. The number of aryl methyl sites for hydroxylation is 1. The first kappa shape index (κ1) is 16.9. The Morgan fingerprint density at radius 1 is 1.39 bits per heavy atom. The largest absolute Gasteiger partial charge is 0.350 e. The standard InChI is InChI=1S/C15H23N3O3S2/c1-11-17-13(9-22-11)8-16-15(19)12-2-5-18(6-3-12)14-4-7-23(20,21)10-14/h9,12,14H,2-8,10H2,1H3,(H,16,19). The molecule has 23 heavy (non-hydrogen) atoms. The zero-order valence-corrected chi connectivity index (χ0v) is 15.0. The molecule has 0 aromatic carbocycles. The lowest BCUT2D eigenvalue weighted by Gasteiger charge is -2.34. The van der Waals surface area contributed by atoms with E-state index in [0.29, 0.717) is 12.3 Å². The molecule has 0 spiro atoms. The monoisotopic (exact) mass is 357 g/mol. The summed E-state index contributed by atoms with van der Waals surface area (Å²) in [5.74, 6) is 0.719. The number of nitrogens with one attached hydrogen (secondary N) is 1. The third-order valence-corrected chi connectivity index (χ3v) is 7.31. The maximum absolute atomic E-state index is 12.3. The van der Waals surface area contributed by atoms with Crippen LogP contribution in [0.15, 0.2) is 5.38 Å². The van der Waals surface area contributed by atoms with Gasteiger partial charge in [-0.15, -0.1) is 11.3 Å². The van der Waals surface area contributed by atoms with Crippen molar-refractivity contribution < 1.29 is 13.2 Å². The van der Waals surface area contributed by atoms with Gasteiger partial charge in [-0.2, -0.15) is 0 Å². The van der Waals surface area contributed by atoms with Gasteiger partial charge in [-0.1, -0.05) is 0 Å². The summed E-state index contributed by atoms with van der Waals surface area (Å²) in [6.07, 6.45) is 2.35. The summed E-state index contributed by atoms with van der Waals surface area (Å²) in [6.45, 7) is 4.07. The molecular weight excluding hydrogens is 334 g/mol. The Hall–Kier alpha value is -0.990. The number of likely N-dealkylation sites (tertiary alicyclic amines) is 1. The first-order chi connectivity index (χ1) is 10.9. The van der Waals surface area contributed by atoms with Crippen LogP contribution in [0.2, 0.25) is 0 Å². The molecule has 0 radical (unpaired) electrons. The van der Waals surface area contributed by atoms with Crippen molar-refractivity contribution in [3.05, 3.63) is 16.1 Å². The normalized spacial score (nSPS) is 25.5. The number of carbonyl (C=O) groups is 1. The second kappa shape index (κ2) is 6.86. The van der Waals surface area contributed by atoms with Crippen molar-refractivity contribution in [2.24, 2.45) is 5.92 Å². The molecule has 6 nitrogen and oxygen atoms in total. The lowest BCUT2D eigenvalue weighted by Crippen LogP contribution is -2.45. The van der Waals surface area contributed by atoms with Crippen molar-refractivity contribution in [3.63, 3.8) is 0 Å². The highest BCUT2D eigenvalue weighted by Gasteiger charge is 2.35. The summed E-state index contributed by atoms with van der Waals surface area (Å²) in [7, 11) is -2.84. The van der Waals surface area contributed by atoms with Crippen LogP contribution in [-0.4, -0.2) is 54.8 Å². The molecule has 2 aliphatic rings. The number of piperidine rings is 1. The molecule has 2 aliphatic heterocycles. The minimum absolute atomic E-state index is 0.0315. The van der Waals surface area contributed by atoms with E-state index in [9.17, 15) is 13.2 Å². The molecule has 128 valence electrons. The van der Waals surface area contributed by atoms with Crippen LogP contribution in [0.3, 0.4) is 0 Å². The van der Waals surface area contributed by atoms with Gasteiger partial charge in [0.1, 0.15) is 0 Å². The van der Waals surface area contributed by atoms with E-state index >= 15 is 0 Å². The average Bonchev–Trinajstić information content (AvgIpc) is 3.10. The minimum Gasteiger partial charge on any atom is -0.350 e. The van der Waals surface area contributed by atoms with Gasteiger partial charge >= 0.3 is 0 Å². The van der Waals surface area contributed by atoms with Gasteiger partial charge in [-0.25, -0.2) is 13.4 Å². The number of rotatable bonds is 4. The van der Waals surface area contributed by atoms with E-state index in [1.807, 2.05) is 12.3 Å². The molecule has 0 aliphatic carbocycles.